The van der Waals surface area contributed by atoms with Crippen LogP contribution in [0, 0.1) is 0 Å². The van der Waals surface area contributed by atoms with Gasteiger partial charge < -0.3 is 9.84 Å². The first-order valence-corrected chi connectivity index (χ1v) is 5.68. The predicted octanol–water partition coefficient (Wildman–Crippen LogP) is 1.94. The van der Waals surface area contributed by atoms with Crippen LogP contribution in [0.15, 0.2) is 23.0 Å². The second-order valence-corrected chi connectivity index (χ2v) is 4.17. The second kappa shape index (κ2) is 5.25. The molecule has 17 heavy (non-hydrogen) atoms. The Morgan fingerprint density at radius 3 is 3.06 bits per heavy atom. The molecule has 2 rings (SSSR count). The Balaban J connectivity index is 2.21. The molecule has 0 aliphatic rings. The maximum absolute atomic E-state index is 6.00. The van der Waals surface area contributed by atoms with Crippen LogP contribution in [0.3, 0.4) is 0 Å². The number of rotatable bonds is 4. The molecule has 0 aliphatic heterocycles. The van der Waals surface area contributed by atoms with E-state index in [0.717, 1.165) is 0 Å². The second-order valence-electron chi connectivity index (χ2n) is 3.77. The quantitative estimate of drug-likeness (QED) is 0.901. The number of nitrogens with one attached hydrogen (secondary N) is 1. The molecule has 1 N–H and O–H groups in total. The molecule has 2 aromatic heterocycles. The topological polar surface area (TPSA) is 63.8 Å². The highest BCUT2D eigenvalue weighted by molar-refractivity contribution is 6.32. The Kier molecular flexibility index (Phi) is 3.71. The average Bonchev–Trinajstić information content (AvgIpc) is 2.78. The number of halogens is 1. The van der Waals surface area contributed by atoms with Crippen molar-refractivity contribution in [1.82, 2.24) is 20.4 Å². The van der Waals surface area contributed by atoms with Gasteiger partial charge >= 0.3 is 0 Å². The average molecular weight is 253 g/mol. The summed E-state index contributed by atoms with van der Waals surface area (Å²) in [5, 5.41) is 7.54. The van der Waals surface area contributed by atoms with Crippen molar-refractivity contribution in [2.45, 2.75) is 19.4 Å². The van der Waals surface area contributed by atoms with E-state index in [4.69, 9.17) is 16.1 Å². The van der Waals surface area contributed by atoms with E-state index >= 15 is 0 Å². The summed E-state index contributed by atoms with van der Waals surface area (Å²) in [7, 11) is 1.89. The molecule has 90 valence electrons. The fraction of sp³-hybridized carbons (Fsp3) is 0.364. The lowest BCUT2D eigenvalue weighted by Crippen LogP contribution is -2.24. The molecule has 0 aromatic carbocycles. The number of aromatic nitrogens is 3. The minimum absolute atomic E-state index is 0.299. The van der Waals surface area contributed by atoms with Gasteiger partial charge in [0.15, 0.2) is 5.82 Å². The minimum Gasteiger partial charge on any atom is -0.334 e. The Morgan fingerprint density at radius 1 is 1.53 bits per heavy atom. The molecule has 2 heterocycles. The van der Waals surface area contributed by atoms with Crippen LogP contribution in [0.4, 0.5) is 0 Å². The number of hydrogen-bond acceptors (Lipinski definition) is 5. The molecule has 0 radical (unpaired) electrons. The molecule has 1 atom stereocenters. The maximum Gasteiger partial charge on any atom is 0.259 e. The molecule has 1 unspecified atom stereocenters. The Hall–Kier alpha value is -1.46. The van der Waals surface area contributed by atoms with Crippen LogP contribution in [-0.2, 0) is 6.42 Å². The normalized spacial score (nSPS) is 12.6. The van der Waals surface area contributed by atoms with Crippen LogP contribution >= 0.6 is 11.6 Å². The molecular formula is C11H13ClN4O. The summed E-state index contributed by atoms with van der Waals surface area (Å²) in [5.74, 6) is 1.09. The standard InChI is InChI=1S/C11H13ClN4O/c1-7(13-2)5-10-15-11(17-16-10)8-3-4-14-6-9(8)12/h3-4,6-7,13H,5H2,1-2H3. The van der Waals surface area contributed by atoms with Gasteiger partial charge in [0.25, 0.3) is 5.89 Å². The first-order valence-electron chi connectivity index (χ1n) is 5.30. The van der Waals surface area contributed by atoms with E-state index in [-0.39, 0.29) is 0 Å². The highest BCUT2D eigenvalue weighted by atomic mass is 35.5. The van der Waals surface area contributed by atoms with Crippen LogP contribution in [0.25, 0.3) is 11.5 Å². The van der Waals surface area contributed by atoms with Gasteiger partial charge in [0, 0.05) is 24.9 Å². The lowest BCUT2D eigenvalue weighted by molar-refractivity contribution is 0.418. The van der Waals surface area contributed by atoms with Crippen molar-refractivity contribution in [1.29, 1.82) is 0 Å². The van der Waals surface area contributed by atoms with Gasteiger partial charge in [-0.3, -0.25) is 4.98 Å². The van der Waals surface area contributed by atoms with E-state index in [0.29, 0.717) is 34.8 Å². The number of nitrogens with zero attached hydrogens (tertiary/aromatic N) is 3. The van der Waals surface area contributed by atoms with Gasteiger partial charge in [-0.05, 0) is 20.0 Å². The zero-order chi connectivity index (χ0) is 12.3. The van der Waals surface area contributed by atoms with Gasteiger partial charge in [-0.2, -0.15) is 4.98 Å². The predicted molar refractivity (Wildman–Crippen MR) is 64.8 cm³/mol. The molecule has 2 aromatic rings. The first kappa shape index (κ1) is 12.0. The summed E-state index contributed by atoms with van der Waals surface area (Å²) < 4.78 is 5.18. The highest BCUT2D eigenvalue weighted by Gasteiger charge is 2.13. The van der Waals surface area contributed by atoms with Gasteiger partial charge in [0.2, 0.25) is 0 Å². The van der Waals surface area contributed by atoms with E-state index in [2.05, 4.69) is 27.4 Å². The summed E-state index contributed by atoms with van der Waals surface area (Å²) in [4.78, 5) is 8.21. The van der Waals surface area contributed by atoms with Crippen molar-refractivity contribution in [2.24, 2.45) is 0 Å². The van der Waals surface area contributed by atoms with Gasteiger partial charge in [0.1, 0.15) is 0 Å². The third-order valence-corrected chi connectivity index (χ3v) is 2.75. The minimum atomic E-state index is 0.299. The molecule has 0 amide bonds. The Labute approximate surface area is 104 Å². The molecule has 0 aliphatic carbocycles. The number of likely N-dealkylation sites (N-methyl/N-ethyl adjacent to an activating group) is 1. The van der Waals surface area contributed by atoms with Crippen LogP contribution in [0.1, 0.15) is 12.7 Å². The van der Waals surface area contributed by atoms with Crippen LogP contribution in [0.2, 0.25) is 5.02 Å². The molecule has 0 bridgehead atoms. The summed E-state index contributed by atoms with van der Waals surface area (Å²) in [6.07, 6.45) is 3.90. The van der Waals surface area contributed by atoms with Crippen molar-refractivity contribution in [2.75, 3.05) is 7.05 Å². The maximum atomic E-state index is 6.00. The molecular weight excluding hydrogens is 240 g/mol. The SMILES string of the molecule is CNC(C)Cc1noc(-c2ccncc2Cl)n1. The largest absolute Gasteiger partial charge is 0.334 e. The summed E-state index contributed by atoms with van der Waals surface area (Å²) in [6, 6.07) is 2.05. The fourth-order valence-corrected chi connectivity index (χ4v) is 1.57. The Bertz CT molecular complexity index is 500. The van der Waals surface area contributed by atoms with Crippen molar-refractivity contribution >= 4 is 11.6 Å². The van der Waals surface area contributed by atoms with E-state index in [1.54, 1.807) is 18.5 Å². The van der Waals surface area contributed by atoms with Crippen LogP contribution in [0.5, 0.6) is 0 Å². The van der Waals surface area contributed by atoms with Gasteiger partial charge in [-0.1, -0.05) is 16.8 Å². The lowest BCUT2D eigenvalue weighted by Gasteiger charge is -2.04. The third kappa shape index (κ3) is 2.81. The molecule has 0 saturated carbocycles. The van der Waals surface area contributed by atoms with E-state index in [9.17, 15) is 0 Å². The van der Waals surface area contributed by atoms with E-state index in [1.807, 2.05) is 7.05 Å². The summed E-state index contributed by atoms with van der Waals surface area (Å²) >= 11 is 6.00. The zero-order valence-electron chi connectivity index (χ0n) is 9.64. The molecule has 0 saturated heterocycles. The lowest BCUT2D eigenvalue weighted by atomic mass is 10.2. The van der Waals surface area contributed by atoms with Crippen molar-refractivity contribution in [3.63, 3.8) is 0 Å². The fourth-order valence-electron chi connectivity index (χ4n) is 1.37. The summed E-state index contributed by atoms with van der Waals surface area (Å²) in [5.41, 5.74) is 0.706. The van der Waals surface area contributed by atoms with Crippen LogP contribution in [-0.4, -0.2) is 28.2 Å². The van der Waals surface area contributed by atoms with Gasteiger partial charge in [-0.15, -0.1) is 0 Å². The zero-order valence-corrected chi connectivity index (χ0v) is 10.4. The Morgan fingerprint density at radius 2 is 2.35 bits per heavy atom. The molecule has 6 heteroatoms. The van der Waals surface area contributed by atoms with Crippen molar-refractivity contribution in [3.8, 4) is 11.5 Å². The van der Waals surface area contributed by atoms with Gasteiger partial charge in [-0.25, -0.2) is 0 Å². The molecule has 0 fully saturated rings. The van der Waals surface area contributed by atoms with E-state index in [1.165, 1.54) is 0 Å². The van der Waals surface area contributed by atoms with Crippen molar-refractivity contribution in [3.05, 3.63) is 29.3 Å². The summed E-state index contributed by atoms with van der Waals surface area (Å²) in [6.45, 7) is 2.05. The number of hydrogen-bond donors (Lipinski definition) is 1. The van der Waals surface area contributed by atoms with Crippen LogP contribution < -0.4 is 5.32 Å². The van der Waals surface area contributed by atoms with E-state index < -0.39 is 0 Å². The highest BCUT2D eigenvalue weighted by Crippen LogP contribution is 2.24. The molecule has 5 nitrogen and oxygen atoms in total. The monoisotopic (exact) mass is 252 g/mol. The first-order chi connectivity index (χ1) is 8.20. The smallest absolute Gasteiger partial charge is 0.259 e. The molecule has 0 spiro atoms. The number of pyridine rings is 1. The van der Waals surface area contributed by atoms with Crippen molar-refractivity contribution < 1.29 is 4.52 Å². The van der Waals surface area contributed by atoms with Gasteiger partial charge in [0.05, 0.1) is 10.6 Å². The third-order valence-electron chi connectivity index (χ3n) is 2.45.